The Morgan fingerprint density at radius 3 is 2.56 bits per heavy atom. The van der Waals surface area contributed by atoms with Crippen LogP contribution in [0.1, 0.15) is 19.8 Å². The maximum absolute atomic E-state index is 11.8. The molecule has 6 heteroatoms. The number of nitriles is 2. The van der Waals surface area contributed by atoms with Gasteiger partial charge in [0, 0.05) is 6.92 Å². The molecule has 0 aromatic carbocycles. The van der Waals surface area contributed by atoms with Gasteiger partial charge in [0.1, 0.15) is 12.1 Å². The lowest BCUT2D eigenvalue weighted by Crippen LogP contribution is -2.37. The predicted octanol–water partition coefficient (Wildman–Crippen LogP) is 1.00. The number of hydrogen-bond acceptors (Lipinski definition) is 5. The lowest BCUT2D eigenvalue weighted by molar-refractivity contribution is -0.160. The second-order valence-electron chi connectivity index (χ2n) is 4.15. The predicted molar refractivity (Wildman–Crippen MR) is 58.7 cm³/mol. The summed E-state index contributed by atoms with van der Waals surface area (Å²) < 4.78 is 4.78. The molecule has 1 rings (SSSR count). The van der Waals surface area contributed by atoms with E-state index >= 15 is 0 Å². The van der Waals surface area contributed by atoms with Crippen LogP contribution in [0, 0.1) is 34.5 Å². The normalized spacial score (nSPS) is 22.6. The number of carboxylic acid groups (broad SMARTS) is 1. The van der Waals surface area contributed by atoms with Crippen LogP contribution < -0.4 is 0 Å². The van der Waals surface area contributed by atoms with Crippen LogP contribution in [0.2, 0.25) is 0 Å². The first-order valence-electron chi connectivity index (χ1n) is 5.38. The van der Waals surface area contributed by atoms with Crippen LogP contribution in [0.4, 0.5) is 0 Å². The van der Waals surface area contributed by atoms with Crippen molar-refractivity contribution in [2.24, 2.45) is 11.8 Å². The molecule has 0 radical (unpaired) electrons. The SMILES string of the molecule is CC(C#N)(C#N)OC(=O)C1C=CCCC1C(=O)O. The molecule has 1 aliphatic rings. The summed E-state index contributed by atoms with van der Waals surface area (Å²) in [6, 6.07) is 3.13. The number of rotatable bonds is 3. The first kappa shape index (κ1) is 13.7. The molecule has 0 spiro atoms. The molecule has 0 aromatic heterocycles. The molecule has 0 bridgehead atoms. The van der Waals surface area contributed by atoms with Crippen molar-refractivity contribution in [1.82, 2.24) is 0 Å². The summed E-state index contributed by atoms with van der Waals surface area (Å²) in [6.45, 7) is 1.16. The molecule has 18 heavy (non-hydrogen) atoms. The van der Waals surface area contributed by atoms with Crippen molar-refractivity contribution in [3.8, 4) is 12.1 Å². The van der Waals surface area contributed by atoms with E-state index in [0.717, 1.165) is 6.92 Å². The molecule has 0 aliphatic heterocycles. The van der Waals surface area contributed by atoms with Crippen LogP contribution in [0.3, 0.4) is 0 Å². The molecule has 6 nitrogen and oxygen atoms in total. The number of nitrogens with zero attached hydrogens (tertiary/aromatic N) is 2. The Kier molecular flexibility index (Phi) is 4.06. The van der Waals surface area contributed by atoms with Gasteiger partial charge in [-0.25, -0.2) is 0 Å². The van der Waals surface area contributed by atoms with E-state index < -0.39 is 29.4 Å². The minimum atomic E-state index is -1.88. The van der Waals surface area contributed by atoms with Crippen LogP contribution in [-0.2, 0) is 14.3 Å². The lowest BCUT2D eigenvalue weighted by atomic mass is 9.84. The average molecular weight is 248 g/mol. The summed E-state index contributed by atoms with van der Waals surface area (Å²) in [5.41, 5.74) is -1.88. The van der Waals surface area contributed by atoms with Crippen molar-refractivity contribution >= 4 is 11.9 Å². The number of esters is 1. The van der Waals surface area contributed by atoms with Gasteiger partial charge in [0.25, 0.3) is 5.60 Å². The Labute approximate surface area is 104 Å². The molecule has 2 atom stereocenters. The number of ether oxygens (including phenoxy) is 1. The highest BCUT2D eigenvalue weighted by Crippen LogP contribution is 2.27. The van der Waals surface area contributed by atoms with Crippen molar-refractivity contribution in [2.45, 2.75) is 25.4 Å². The molecule has 0 fully saturated rings. The quantitative estimate of drug-likeness (QED) is 0.589. The minimum absolute atomic E-state index is 0.335. The first-order valence-corrected chi connectivity index (χ1v) is 5.38. The largest absolute Gasteiger partial charge is 0.481 e. The zero-order chi connectivity index (χ0) is 13.8. The monoisotopic (exact) mass is 248 g/mol. The van der Waals surface area contributed by atoms with Crippen molar-refractivity contribution in [1.29, 1.82) is 10.5 Å². The number of allylic oxidation sites excluding steroid dienone is 1. The molecule has 0 aromatic rings. The highest BCUT2D eigenvalue weighted by atomic mass is 16.6. The van der Waals surface area contributed by atoms with E-state index in [9.17, 15) is 9.59 Å². The maximum atomic E-state index is 11.8. The Morgan fingerprint density at radius 2 is 2.06 bits per heavy atom. The van der Waals surface area contributed by atoms with E-state index in [1.54, 1.807) is 18.2 Å². The molecular formula is C12H12N2O4. The molecule has 0 amide bonds. The third kappa shape index (κ3) is 2.86. The van der Waals surface area contributed by atoms with E-state index in [2.05, 4.69) is 0 Å². The highest BCUT2D eigenvalue weighted by molar-refractivity contribution is 5.83. The van der Waals surface area contributed by atoms with E-state index in [-0.39, 0.29) is 0 Å². The third-order valence-electron chi connectivity index (χ3n) is 2.74. The smallest absolute Gasteiger partial charge is 0.316 e. The zero-order valence-corrected chi connectivity index (χ0v) is 9.79. The number of hydrogen-bond donors (Lipinski definition) is 1. The van der Waals surface area contributed by atoms with Gasteiger partial charge in [-0.2, -0.15) is 10.5 Å². The van der Waals surface area contributed by atoms with Gasteiger partial charge in [-0.3, -0.25) is 9.59 Å². The van der Waals surface area contributed by atoms with Crippen molar-refractivity contribution in [3.63, 3.8) is 0 Å². The Hall–Kier alpha value is -2.34. The maximum Gasteiger partial charge on any atom is 0.316 e. The second kappa shape index (κ2) is 5.33. The van der Waals surface area contributed by atoms with Crippen LogP contribution in [0.5, 0.6) is 0 Å². The summed E-state index contributed by atoms with van der Waals surface area (Å²) >= 11 is 0. The Morgan fingerprint density at radius 1 is 1.44 bits per heavy atom. The first-order chi connectivity index (χ1) is 8.43. The molecule has 0 saturated carbocycles. The van der Waals surface area contributed by atoms with E-state index in [1.807, 2.05) is 0 Å². The van der Waals surface area contributed by atoms with Crippen LogP contribution in [0.15, 0.2) is 12.2 Å². The minimum Gasteiger partial charge on any atom is -0.481 e. The zero-order valence-electron chi connectivity index (χ0n) is 9.79. The molecule has 2 unspecified atom stereocenters. The van der Waals surface area contributed by atoms with Crippen LogP contribution in [0.25, 0.3) is 0 Å². The van der Waals surface area contributed by atoms with Crippen LogP contribution >= 0.6 is 0 Å². The number of carboxylic acids is 1. The summed E-state index contributed by atoms with van der Waals surface area (Å²) in [7, 11) is 0. The summed E-state index contributed by atoms with van der Waals surface area (Å²) in [4.78, 5) is 22.8. The second-order valence-corrected chi connectivity index (χ2v) is 4.15. The molecule has 0 heterocycles. The van der Waals surface area contributed by atoms with Gasteiger partial charge < -0.3 is 9.84 Å². The Balaban J connectivity index is 2.87. The third-order valence-corrected chi connectivity index (χ3v) is 2.74. The summed E-state index contributed by atoms with van der Waals surface area (Å²) in [5, 5.41) is 26.4. The highest BCUT2D eigenvalue weighted by Gasteiger charge is 2.38. The summed E-state index contributed by atoms with van der Waals surface area (Å²) in [5.74, 6) is -3.76. The van der Waals surface area contributed by atoms with E-state index in [4.69, 9.17) is 20.4 Å². The van der Waals surface area contributed by atoms with Gasteiger partial charge in [0.15, 0.2) is 0 Å². The molecule has 1 aliphatic carbocycles. The van der Waals surface area contributed by atoms with Gasteiger partial charge in [-0.15, -0.1) is 0 Å². The molecular weight excluding hydrogens is 236 g/mol. The van der Waals surface area contributed by atoms with Crippen molar-refractivity contribution in [3.05, 3.63) is 12.2 Å². The number of aliphatic carboxylic acids is 1. The van der Waals surface area contributed by atoms with E-state index in [1.165, 1.54) is 6.08 Å². The number of carbonyl (C=O) groups excluding carboxylic acids is 1. The van der Waals surface area contributed by atoms with Gasteiger partial charge in [0.2, 0.25) is 0 Å². The fraction of sp³-hybridized carbons (Fsp3) is 0.500. The van der Waals surface area contributed by atoms with Crippen molar-refractivity contribution in [2.75, 3.05) is 0 Å². The lowest BCUT2D eigenvalue weighted by Gasteiger charge is -2.24. The van der Waals surface area contributed by atoms with Gasteiger partial charge >= 0.3 is 11.9 Å². The molecule has 1 N–H and O–H groups in total. The van der Waals surface area contributed by atoms with Gasteiger partial charge in [-0.05, 0) is 12.8 Å². The van der Waals surface area contributed by atoms with Gasteiger partial charge in [0.05, 0.1) is 11.8 Å². The average Bonchev–Trinajstić information content (AvgIpc) is 2.38. The fourth-order valence-electron chi connectivity index (χ4n) is 1.69. The van der Waals surface area contributed by atoms with Crippen molar-refractivity contribution < 1.29 is 19.4 Å². The Bertz CT molecular complexity index is 455. The fourth-order valence-corrected chi connectivity index (χ4v) is 1.69. The van der Waals surface area contributed by atoms with E-state index in [0.29, 0.717) is 12.8 Å². The standard InChI is InChI=1S/C12H12N2O4/c1-12(6-13,7-14)18-11(17)9-5-3-2-4-8(9)10(15)16/h3,5,8-9H,2,4H2,1H3,(H,15,16). The van der Waals surface area contributed by atoms with Gasteiger partial charge in [-0.1, -0.05) is 12.2 Å². The van der Waals surface area contributed by atoms with Crippen LogP contribution in [-0.4, -0.2) is 22.6 Å². The topological polar surface area (TPSA) is 111 Å². The molecule has 94 valence electrons. The number of carbonyl (C=O) groups is 2. The molecule has 0 saturated heterocycles. The summed E-state index contributed by atoms with van der Waals surface area (Å²) in [6.07, 6.45) is 4.07.